The molecule has 0 radical (unpaired) electrons. The average molecular weight is 462 g/mol. The van der Waals surface area contributed by atoms with Gasteiger partial charge in [0.25, 0.3) is 0 Å². The molecule has 0 fully saturated rings. The lowest BCUT2D eigenvalue weighted by Crippen LogP contribution is -2.43. The van der Waals surface area contributed by atoms with Gasteiger partial charge in [0.2, 0.25) is 5.89 Å². The van der Waals surface area contributed by atoms with Gasteiger partial charge in [-0.05, 0) is 46.8 Å². The molecule has 0 aliphatic carbocycles. The lowest BCUT2D eigenvalue weighted by Gasteiger charge is -2.17. The maximum atomic E-state index is 5.57. The number of rotatable bonds is 6. The van der Waals surface area contributed by atoms with E-state index in [-0.39, 0.29) is 24.0 Å². The lowest BCUT2D eigenvalue weighted by atomic mass is 10.2. The largest absolute Gasteiger partial charge is 0.444 e. The maximum Gasteiger partial charge on any atom is 0.216 e. The molecule has 1 atom stereocenters. The summed E-state index contributed by atoms with van der Waals surface area (Å²) >= 11 is 1.85. The third-order valence-electron chi connectivity index (χ3n) is 3.48. The van der Waals surface area contributed by atoms with Gasteiger partial charge in [-0.15, -0.1) is 35.3 Å². The van der Waals surface area contributed by atoms with Gasteiger partial charge in [-0.3, -0.25) is 0 Å². The Hall–Kier alpha value is -1.09. The van der Waals surface area contributed by atoms with Crippen molar-refractivity contribution in [3.63, 3.8) is 0 Å². The first-order valence-corrected chi connectivity index (χ1v) is 8.82. The molecule has 0 saturated carbocycles. The number of aromatic nitrogens is 1. The molecule has 0 aliphatic heterocycles. The lowest BCUT2D eigenvalue weighted by molar-refractivity contribution is 0.472. The van der Waals surface area contributed by atoms with Gasteiger partial charge in [0, 0.05) is 28.8 Å². The number of hydrogen-bond donors (Lipinski definition) is 2. The van der Waals surface area contributed by atoms with Gasteiger partial charge in [0.05, 0.1) is 5.69 Å². The molecule has 2 heterocycles. The first kappa shape index (κ1) is 21.0. The Labute approximate surface area is 165 Å². The van der Waals surface area contributed by atoms with E-state index in [2.05, 4.69) is 53.5 Å². The van der Waals surface area contributed by atoms with Crippen LogP contribution in [0.5, 0.6) is 0 Å². The van der Waals surface area contributed by atoms with Gasteiger partial charge < -0.3 is 15.1 Å². The summed E-state index contributed by atoms with van der Waals surface area (Å²) < 4.78 is 5.57. The van der Waals surface area contributed by atoms with Crippen LogP contribution in [0.25, 0.3) is 0 Å². The summed E-state index contributed by atoms with van der Waals surface area (Å²) in [4.78, 5) is 11.7. The Morgan fingerprint density at radius 2 is 2.08 bits per heavy atom. The molecule has 0 spiro atoms. The topological polar surface area (TPSA) is 62.5 Å². The van der Waals surface area contributed by atoms with Crippen LogP contribution in [0.4, 0.5) is 0 Å². The molecule has 1 unspecified atom stereocenters. The Kier molecular flexibility index (Phi) is 8.75. The highest BCUT2D eigenvalue weighted by atomic mass is 127. The Bertz CT molecular complexity index is 646. The minimum absolute atomic E-state index is 0. The summed E-state index contributed by atoms with van der Waals surface area (Å²) in [5, 5.41) is 6.71. The van der Waals surface area contributed by atoms with E-state index in [9.17, 15) is 0 Å². The van der Waals surface area contributed by atoms with Crippen molar-refractivity contribution in [2.24, 2.45) is 4.99 Å². The van der Waals surface area contributed by atoms with E-state index in [1.54, 1.807) is 0 Å². The highest BCUT2D eigenvalue weighted by Crippen LogP contribution is 2.16. The monoisotopic (exact) mass is 462 g/mol. The van der Waals surface area contributed by atoms with Crippen LogP contribution in [0.2, 0.25) is 0 Å². The number of guanidine groups is 1. The molecule has 2 rings (SSSR count). The molecule has 7 heteroatoms. The first-order valence-electron chi connectivity index (χ1n) is 8.01. The molecule has 2 aromatic heterocycles. The summed E-state index contributed by atoms with van der Waals surface area (Å²) in [5.74, 6) is 2.30. The van der Waals surface area contributed by atoms with Crippen molar-refractivity contribution in [3.8, 4) is 0 Å². The van der Waals surface area contributed by atoms with Gasteiger partial charge in [0.15, 0.2) is 5.96 Å². The second kappa shape index (κ2) is 10.0. The van der Waals surface area contributed by atoms with Crippen LogP contribution in [-0.4, -0.2) is 23.5 Å². The molecule has 2 aromatic rings. The van der Waals surface area contributed by atoms with Crippen molar-refractivity contribution in [3.05, 3.63) is 39.2 Å². The highest BCUT2D eigenvalue weighted by Gasteiger charge is 2.09. The summed E-state index contributed by atoms with van der Waals surface area (Å²) in [5.41, 5.74) is 0.926. The third kappa shape index (κ3) is 6.43. The fourth-order valence-electron chi connectivity index (χ4n) is 2.25. The second-order valence-electron chi connectivity index (χ2n) is 5.71. The number of aryl methyl sites for hydroxylation is 3. The number of thiophene rings is 1. The van der Waals surface area contributed by atoms with E-state index in [1.165, 1.54) is 9.75 Å². The molecule has 134 valence electrons. The number of aliphatic imine (C=N–C) groups is 1. The van der Waals surface area contributed by atoms with E-state index >= 15 is 0 Å². The van der Waals surface area contributed by atoms with Crippen LogP contribution in [0.1, 0.15) is 40.9 Å². The van der Waals surface area contributed by atoms with Crippen LogP contribution in [-0.2, 0) is 13.0 Å². The zero-order valence-corrected chi connectivity index (χ0v) is 18.1. The van der Waals surface area contributed by atoms with Crippen LogP contribution in [0.3, 0.4) is 0 Å². The molecule has 0 aromatic carbocycles. The molecule has 0 aliphatic rings. The number of halogens is 1. The van der Waals surface area contributed by atoms with Crippen molar-refractivity contribution in [2.45, 2.75) is 53.6 Å². The van der Waals surface area contributed by atoms with Gasteiger partial charge in [-0.1, -0.05) is 0 Å². The van der Waals surface area contributed by atoms with E-state index in [4.69, 9.17) is 4.42 Å². The standard InChI is InChI=1S/C17H26N4OS.HI/c1-6-18-17(19-10-16-21-13(4)14(5)22-16)20-11(2)9-15-8-7-12(3)23-15;/h7-8,11H,6,9-10H2,1-5H3,(H2,18,19,20);1H. The van der Waals surface area contributed by atoms with Crippen molar-refractivity contribution in [1.82, 2.24) is 15.6 Å². The predicted octanol–water partition coefficient (Wildman–Crippen LogP) is 3.97. The zero-order chi connectivity index (χ0) is 16.8. The van der Waals surface area contributed by atoms with Gasteiger partial charge in [-0.2, -0.15) is 0 Å². The molecule has 0 amide bonds. The van der Waals surface area contributed by atoms with Gasteiger partial charge in [0.1, 0.15) is 12.3 Å². The molecular formula is C17H27IN4OS. The fraction of sp³-hybridized carbons (Fsp3) is 0.529. The number of nitrogens with zero attached hydrogens (tertiary/aromatic N) is 2. The molecule has 24 heavy (non-hydrogen) atoms. The van der Waals surface area contributed by atoms with Crippen LogP contribution < -0.4 is 10.6 Å². The minimum Gasteiger partial charge on any atom is -0.444 e. The quantitative estimate of drug-likeness (QED) is 0.388. The third-order valence-corrected chi connectivity index (χ3v) is 4.50. The molecule has 5 nitrogen and oxygen atoms in total. The van der Waals surface area contributed by atoms with E-state index in [0.717, 1.165) is 30.4 Å². The van der Waals surface area contributed by atoms with E-state index in [0.29, 0.717) is 18.5 Å². The zero-order valence-electron chi connectivity index (χ0n) is 15.0. The Morgan fingerprint density at radius 1 is 1.33 bits per heavy atom. The maximum absolute atomic E-state index is 5.57. The summed E-state index contributed by atoms with van der Waals surface area (Å²) in [6.07, 6.45) is 0.986. The van der Waals surface area contributed by atoms with Crippen LogP contribution in [0, 0.1) is 20.8 Å². The van der Waals surface area contributed by atoms with Crippen molar-refractivity contribution in [1.29, 1.82) is 0 Å². The normalized spacial score (nSPS) is 12.6. The molecule has 2 N–H and O–H groups in total. The molecular weight excluding hydrogens is 435 g/mol. The summed E-state index contributed by atoms with van der Waals surface area (Å²) in [6.45, 7) is 11.5. The SMILES string of the molecule is CCNC(=NCc1nc(C)c(C)o1)NC(C)Cc1ccc(C)s1.I. The average Bonchev–Trinajstić information content (AvgIpc) is 3.03. The molecule has 0 bridgehead atoms. The van der Waals surface area contributed by atoms with E-state index in [1.807, 2.05) is 25.2 Å². The predicted molar refractivity (Wildman–Crippen MR) is 112 cm³/mol. The summed E-state index contributed by atoms with van der Waals surface area (Å²) in [6, 6.07) is 4.67. The Balaban J connectivity index is 0.00000288. The van der Waals surface area contributed by atoms with Gasteiger partial charge in [-0.25, -0.2) is 9.98 Å². The number of hydrogen-bond acceptors (Lipinski definition) is 4. The van der Waals surface area contributed by atoms with Crippen LogP contribution in [0.15, 0.2) is 21.5 Å². The minimum atomic E-state index is 0. The summed E-state index contributed by atoms with van der Waals surface area (Å²) in [7, 11) is 0. The van der Waals surface area contributed by atoms with Gasteiger partial charge >= 0.3 is 0 Å². The Morgan fingerprint density at radius 3 is 2.62 bits per heavy atom. The number of oxazole rings is 1. The van der Waals surface area contributed by atoms with Crippen molar-refractivity contribution >= 4 is 41.3 Å². The fourth-order valence-corrected chi connectivity index (χ4v) is 3.27. The number of nitrogens with one attached hydrogen (secondary N) is 2. The first-order chi connectivity index (χ1) is 11.0. The highest BCUT2D eigenvalue weighted by molar-refractivity contribution is 14.0. The van der Waals surface area contributed by atoms with Crippen molar-refractivity contribution in [2.75, 3.05) is 6.54 Å². The molecule has 0 saturated heterocycles. The van der Waals surface area contributed by atoms with Crippen LogP contribution >= 0.6 is 35.3 Å². The van der Waals surface area contributed by atoms with E-state index < -0.39 is 0 Å². The van der Waals surface area contributed by atoms with Crippen molar-refractivity contribution < 1.29 is 4.42 Å². The smallest absolute Gasteiger partial charge is 0.216 e. The second-order valence-corrected chi connectivity index (χ2v) is 7.08.